The molecule has 118 valence electrons. The Morgan fingerprint density at radius 3 is 2.57 bits per heavy atom. The van der Waals surface area contributed by atoms with Crippen molar-refractivity contribution in [2.45, 2.75) is 31.6 Å². The normalized spacial score (nSPS) is 17.2. The smallest absolute Gasteiger partial charge is 0.243 e. The molecule has 4 nitrogen and oxygen atoms in total. The number of anilines is 1. The Labute approximate surface area is 137 Å². The summed E-state index contributed by atoms with van der Waals surface area (Å²) in [7, 11) is -3.99. The van der Waals surface area contributed by atoms with Gasteiger partial charge in [-0.3, -0.25) is 0 Å². The summed E-state index contributed by atoms with van der Waals surface area (Å²) in [4.78, 5) is -0.521. The van der Waals surface area contributed by atoms with E-state index in [1.807, 2.05) is 0 Å². The van der Waals surface area contributed by atoms with Crippen LogP contribution in [0.1, 0.15) is 26.7 Å². The molecule has 1 aliphatic rings. The summed E-state index contributed by atoms with van der Waals surface area (Å²) in [5.74, 6) is -0.628. The predicted octanol–water partition coefficient (Wildman–Crippen LogP) is 3.54. The fourth-order valence-electron chi connectivity index (χ4n) is 2.23. The molecule has 1 aromatic rings. The first-order valence-corrected chi connectivity index (χ1v) is 9.19. The van der Waals surface area contributed by atoms with Gasteiger partial charge in [-0.15, -0.1) is 0 Å². The zero-order valence-corrected chi connectivity index (χ0v) is 14.9. The zero-order valence-electron chi connectivity index (χ0n) is 11.7. The van der Waals surface area contributed by atoms with Gasteiger partial charge in [-0.05, 0) is 46.2 Å². The van der Waals surface area contributed by atoms with Gasteiger partial charge < -0.3 is 5.73 Å². The molecule has 0 radical (unpaired) electrons. The molecule has 1 saturated carbocycles. The molecule has 0 bridgehead atoms. The minimum absolute atomic E-state index is 0.0196. The van der Waals surface area contributed by atoms with Crippen LogP contribution in [0.3, 0.4) is 0 Å². The first kappa shape index (κ1) is 17.0. The molecule has 2 rings (SSSR count). The summed E-state index contributed by atoms with van der Waals surface area (Å²) in [6.45, 7) is 4.40. The number of nitrogen functional groups attached to an aromatic ring is 1. The highest BCUT2D eigenvalue weighted by Gasteiger charge is 2.45. The molecule has 0 amide bonds. The Morgan fingerprint density at radius 1 is 1.52 bits per heavy atom. The molecule has 1 aromatic carbocycles. The number of sulfonamides is 1. The van der Waals surface area contributed by atoms with Crippen LogP contribution in [-0.2, 0) is 10.0 Å². The molecule has 8 heteroatoms. The molecule has 0 saturated heterocycles. The van der Waals surface area contributed by atoms with Crippen LogP contribution in [0.2, 0.25) is 5.02 Å². The molecular formula is C13H17BrClFN2O2S. The van der Waals surface area contributed by atoms with Gasteiger partial charge in [-0.25, -0.2) is 17.5 Å². The quantitative estimate of drug-likeness (QED) is 0.587. The Bertz CT molecular complexity index is 675. The highest BCUT2D eigenvalue weighted by molar-refractivity contribution is 9.10. The lowest BCUT2D eigenvalue weighted by Gasteiger charge is -2.20. The lowest BCUT2D eigenvalue weighted by Crippen LogP contribution is -2.33. The predicted molar refractivity (Wildman–Crippen MR) is 85.2 cm³/mol. The zero-order chi connectivity index (χ0) is 16.0. The van der Waals surface area contributed by atoms with Gasteiger partial charge in [0.1, 0.15) is 4.90 Å². The van der Waals surface area contributed by atoms with Crippen molar-refractivity contribution in [2.24, 2.45) is 11.3 Å². The molecule has 3 N–H and O–H groups in total. The van der Waals surface area contributed by atoms with E-state index in [4.69, 9.17) is 17.3 Å². The lowest BCUT2D eigenvalue weighted by molar-refractivity contribution is 0.357. The number of hydrogen-bond acceptors (Lipinski definition) is 3. The van der Waals surface area contributed by atoms with E-state index in [-0.39, 0.29) is 20.6 Å². The van der Waals surface area contributed by atoms with Crippen LogP contribution < -0.4 is 10.5 Å². The number of nitrogens with two attached hydrogens (primary N) is 1. The summed E-state index contributed by atoms with van der Waals surface area (Å²) in [5.41, 5.74) is 5.19. The second-order valence-electron chi connectivity index (χ2n) is 5.74. The van der Waals surface area contributed by atoms with E-state index in [0.29, 0.717) is 12.5 Å². The standard InChI is InChI=1S/C13H17BrClFN2O2S/c1-7(2)13(3-4-13)6-18-21(19,20)9-5-8(15)10(14)12(17)11(9)16/h5,7,18H,3-4,6,17H2,1-2H3. The second kappa shape index (κ2) is 5.68. The highest BCUT2D eigenvalue weighted by Crippen LogP contribution is 2.51. The van der Waals surface area contributed by atoms with Crippen LogP contribution in [0.5, 0.6) is 0 Å². The van der Waals surface area contributed by atoms with Gasteiger partial charge in [-0.1, -0.05) is 25.4 Å². The Morgan fingerprint density at radius 2 is 2.10 bits per heavy atom. The van der Waals surface area contributed by atoms with E-state index in [1.54, 1.807) is 0 Å². The monoisotopic (exact) mass is 398 g/mol. The molecule has 0 heterocycles. The third kappa shape index (κ3) is 3.21. The first-order chi connectivity index (χ1) is 9.61. The van der Waals surface area contributed by atoms with Crippen molar-refractivity contribution in [3.05, 3.63) is 21.4 Å². The van der Waals surface area contributed by atoms with Crippen molar-refractivity contribution < 1.29 is 12.8 Å². The fourth-order valence-corrected chi connectivity index (χ4v) is 4.05. The molecule has 0 atom stereocenters. The lowest BCUT2D eigenvalue weighted by atomic mass is 9.93. The maximum atomic E-state index is 14.1. The van der Waals surface area contributed by atoms with Gasteiger partial charge in [-0.2, -0.15) is 0 Å². The maximum Gasteiger partial charge on any atom is 0.243 e. The molecule has 0 spiro atoms. The van der Waals surface area contributed by atoms with Gasteiger partial charge in [0.05, 0.1) is 15.2 Å². The third-order valence-corrected chi connectivity index (χ3v) is 6.96. The van der Waals surface area contributed by atoms with E-state index in [0.717, 1.165) is 18.9 Å². The van der Waals surface area contributed by atoms with E-state index in [1.165, 1.54) is 0 Å². The van der Waals surface area contributed by atoms with Crippen molar-refractivity contribution in [1.29, 1.82) is 0 Å². The molecular weight excluding hydrogens is 383 g/mol. The molecule has 0 aliphatic heterocycles. The molecule has 1 fully saturated rings. The van der Waals surface area contributed by atoms with Crippen LogP contribution in [0.15, 0.2) is 15.4 Å². The second-order valence-corrected chi connectivity index (χ2v) is 8.68. The summed E-state index contributed by atoms with van der Waals surface area (Å²) >= 11 is 8.88. The van der Waals surface area contributed by atoms with Gasteiger partial charge in [0.15, 0.2) is 5.82 Å². The largest absolute Gasteiger partial charge is 0.395 e. The average molecular weight is 400 g/mol. The summed E-state index contributed by atoms with van der Waals surface area (Å²) < 4.78 is 41.3. The van der Waals surface area contributed by atoms with Crippen molar-refractivity contribution in [2.75, 3.05) is 12.3 Å². The Hall–Kier alpha value is -0.370. The van der Waals surface area contributed by atoms with Crippen LogP contribution in [0, 0.1) is 17.2 Å². The van der Waals surface area contributed by atoms with Gasteiger partial charge >= 0.3 is 0 Å². The summed E-state index contributed by atoms with van der Waals surface area (Å²) in [5, 5.41) is 0.0549. The maximum absolute atomic E-state index is 14.1. The number of halogens is 3. The third-order valence-electron chi connectivity index (χ3n) is 4.18. The van der Waals surface area contributed by atoms with Crippen LogP contribution in [-0.4, -0.2) is 15.0 Å². The van der Waals surface area contributed by atoms with Crippen molar-refractivity contribution in [3.8, 4) is 0 Å². The molecule has 1 aliphatic carbocycles. The highest BCUT2D eigenvalue weighted by atomic mass is 79.9. The first-order valence-electron chi connectivity index (χ1n) is 6.53. The summed E-state index contributed by atoms with van der Waals surface area (Å²) in [6.07, 6.45) is 1.94. The number of nitrogens with one attached hydrogen (secondary N) is 1. The Balaban J connectivity index is 2.29. The number of benzene rings is 1. The van der Waals surface area contributed by atoms with Gasteiger partial charge in [0.2, 0.25) is 10.0 Å². The van der Waals surface area contributed by atoms with Gasteiger partial charge in [0.25, 0.3) is 0 Å². The van der Waals surface area contributed by atoms with E-state index < -0.39 is 20.7 Å². The average Bonchev–Trinajstić information content (AvgIpc) is 3.19. The molecule has 0 aromatic heterocycles. The molecule has 0 unspecified atom stereocenters. The van der Waals surface area contributed by atoms with Crippen LogP contribution in [0.4, 0.5) is 10.1 Å². The van der Waals surface area contributed by atoms with E-state index in [2.05, 4.69) is 34.5 Å². The fraction of sp³-hybridized carbons (Fsp3) is 0.538. The topological polar surface area (TPSA) is 72.2 Å². The number of hydrogen-bond donors (Lipinski definition) is 2. The SMILES string of the molecule is CC(C)C1(CNS(=O)(=O)c2cc(Cl)c(Br)c(N)c2F)CC1. The van der Waals surface area contributed by atoms with Crippen LogP contribution >= 0.6 is 27.5 Å². The van der Waals surface area contributed by atoms with Crippen LogP contribution in [0.25, 0.3) is 0 Å². The molecule has 21 heavy (non-hydrogen) atoms. The number of rotatable bonds is 5. The minimum atomic E-state index is -3.99. The van der Waals surface area contributed by atoms with Crippen molar-refractivity contribution in [3.63, 3.8) is 0 Å². The summed E-state index contributed by atoms with van der Waals surface area (Å²) in [6, 6.07) is 1.06. The van der Waals surface area contributed by atoms with E-state index in [9.17, 15) is 12.8 Å². The van der Waals surface area contributed by atoms with Gasteiger partial charge in [0, 0.05) is 6.54 Å². The minimum Gasteiger partial charge on any atom is -0.395 e. The Kier molecular flexibility index (Phi) is 4.60. The van der Waals surface area contributed by atoms with E-state index >= 15 is 0 Å². The van der Waals surface area contributed by atoms with Crippen molar-refractivity contribution >= 4 is 43.2 Å². The van der Waals surface area contributed by atoms with Crippen molar-refractivity contribution in [1.82, 2.24) is 4.72 Å².